The summed E-state index contributed by atoms with van der Waals surface area (Å²) < 4.78 is 10.9. The second kappa shape index (κ2) is 8.48. The molecule has 7 unspecified atom stereocenters. The minimum Gasteiger partial charge on any atom is -0.394 e. The summed E-state index contributed by atoms with van der Waals surface area (Å²) in [5.74, 6) is -0.208. The Morgan fingerprint density at radius 3 is 2.44 bits per heavy atom. The molecule has 1 aliphatic heterocycles. The third kappa shape index (κ3) is 4.65. The minimum atomic E-state index is -1.50. The lowest BCUT2D eigenvalue weighted by molar-refractivity contribution is -0.306. The second-order valence-corrected chi connectivity index (χ2v) is 7.92. The lowest BCUT2D eigenvalue weighted by Crippen LogP contribution is -2.59. The Hall–Kier alpha value is -1.13. The maximum absolute atomic E-state index is 11.9. The van der Waals surface area contributed by atoms with E-state index in [2.05, 4.69) is 0 Å². The number of hydrogen-bond acceptors (Lipinski definition) is 8. The van der Waals surface area contributed by atoms with Crippen molar-refractivity contribution in [3.8, 4) is 0 Å². The lowest BCUT2D eigenvalue weighted by atomic mass is 9.71. The first-order valence-corrected chi connectivity index (χ1v) is 9.05. The van der Waals surface area contributed by atoms with E-state index in [1.807, 2.05) is 13.8 Å². The predicted molar refractivity (Wildman–Crippen MR) is 95.6 cm³/mol. The van der Waals surface area contributed by atoms with Crippen molar-refractivity contribution in [2.45, 2.75) is 77.0 Å². The van der Waals surface area contributed by atoms with Crippen LogP contribution in [0.4, 0.5) is 0 Å². The van der Waals surface area contributed by atoms with Gasteiger partial charge in [0.1, 0.15) is 30.5 Å². The van der Waals surface area contributed by atoms with Crippen molar-refractivity contribution in [1.29, 1.82) is 0 Å². The fourth-order valence-electron chi connectivity index (χ4n) is 3.58. The van der Waals surface area contributed by atoms with Crippen molar-refractivity contribution in [3.63, 3.8) is 0 Å². The molecule has 2 aliphatic rings. The molecule has 0 saturated carbocycles. The first-order chi connectivity index (χ1) is 12.5. The van der Waals surface area contributed by atoms with Crippen LogP contribution >= 0.6 is 0 Å². The third-order valence-electron chi connectivity index (χ3n) is 5.22. The van der Waals surface area contributed by atoms with E-state index in [1.165, 1.54) is 0 Å². The molecule has 0 radical (unpaired) electrons. The lowest BCUT2D eigenvalue weighted by Gasteiger charge is -2.40. The zero-order valence-electron chi connectivity index (χ0n) is 16.1. The van der Waals surface area contributed by atoms with Crippen LogP contribution < -0.4 is 0 Å². The molecule has 1 saturated heterocycles. The van der Waals surface area contributed by atoms with Gasteiger partial charge >= 0.3 is 0 Å². The molecule has 154 valence electrons. The van der Waals surface area contributed by atoms with Gasteiger partial charge in [0.2, 0.25) is 0 Å². The molecule has 0 spiro atoms. The average Bonchev–Trinajstić information content (AvgIpc) is 2.59. The monoisotopic (exact) mass is 386 g/mol. The number of carbonyl (C=O) groups excluding carboxylic acids is 1. The molecule has 5 N–H and O–H groups in total. The van der Waals surface area contributed by atoms with E-state index in [9.17, 15) is 30.3 Å². The first kappa shape index (κ1) is 22.2. The van der Waals surface area contributed by atoms with Gasteiger partial charge in [0, 0.05) is 6.42 Å². The van der Waals surface area contributed by atoms with Crippen LogP contribution in [-0.2, 0) is 14.3 Å². The molecular formula is C19H30O8. The zero-order valence-corrected chi connectivity index (χ0v) is 16.1. The predicted octanol–water partition coefficient (Wildman–Crippen LogP) is -0.576. The van der Waals surface area contributed by atoms with Crippen LogP contribution in [0.2, 0.25) is 0 Å². The molecular weight excluding hydrogens is 356 g/mol. The van der Waals surface area contributed by atoms with Gasteiger partial charge in [-0.2, -0.15) is 0 Å². The molecule has 8 heteroatoms. The number of ether oxygens (including phenoxy) is 2. The molecule has 1 heterocycles. The van der Waals surface area contributed by atoms with E-state index in [0.29, 0.717) is 5.57 Å². The molecule has 1 aliphatic carbocycles. The number of Topliss-reactive ketones (excluding diaryl/α,β-unsaturated/α-hetero) is 1. The average molecular weight is 386 g/mol. The van der Waals surface area contributed by atoms with Gasteiger partial charge in [-0.05, 0) is 30.4 Å². The number of ketones is 1. The molecule has 8 nitrogen and oxygen atoms in total. The van der Waals surface area contributed by atoms with Gasteiger partial charge in [0.15, 0.2) is 12.1 Å². The molecule has 2 rings (SSSR count). The van der Waals surface area contributed by atoms with Crippen LogP contribution in [0, 0.1) is 5.41 Å². The standard InChI is InChI=1S/C19H30O8/c1-9(26-18-17(25)16(24)15(23)13(8-20)27-18)5-6-11-10(2)14(22)12(21)7-19(11,3)4/h5-6,9,13-18,20,22-25H,7-8H2,1-4H3. The smallest absolute Gasteiger partial charge is 0.187 e. The van der Waals surface area contributed by atoms with Gasteiger partial charge in [-0.3, -0.25) is 4.79 Å². The molecule has 1 fully saturated rings. The summed E-state index contributed by atoms with van der Waals surface area (Å²) in [7, 11) is 0. The van der Waals surface area contributed by atoms with Crippen LogP contribution in [0.5, 0.6) is 0 Å². The van der Waals surface area contributed by atoms with Gasteiger partial charge < -0.3 is 35.0 Å². The molecule has 7 atom stereocenters. The Bertz CT molecular complexity index is 609. The van der Waals surface area contributed by atoms with Crippen molar-refractivity contribution >= 4 is 5.78 Å². The minimum absolute atomic E-state index is 0.208. The molecule has 0 aromatic heterocycles. The van der Waals surface area contributed by atoms with Crippen molar-refractivity contribution in [1.82, 2.24) is 0 Å². The maximum Gasteiger partial charge on any atom is 0.187 e. The molecule has 0 amide bonds. The maximum atomic E-state index is 11.9. The van der Waals surface area contributed by atoms with Crippen molar-refractivity contribution in [3.05, 3.63) is 23.3 Å². The van der Waals surface area contributed by atoms with Gasteiger partial charge in [-0.1, -0.05) is 26.0 Å². The van der Waals surface area contributed by atoms with Crippen LogP contribution in [0.25, 0.3) is 0 Å². The summed E-state index contributed by atoms with van der Waals surface area (Å²) in [6, 6.07) is 0. The number of allylic oxidation sites excluding steroid dienone is 2. The van der Waals surface area contributed by atoms with E-state index in [4.69, 9.17) is 9.47 Å². The van der Waals surface area contributed by atoms with Crippen molar-refractivity contribution in [2.24, 2.45) is 5.41 Å². The Labute approximate surface area is 158 Å². The highest BCUT2D eigenvalue weighted by Crippen LogP contribution is 2.39. The van der Waals surface area contributed by atoms with Crippen LogP contribution in [0.3, 0.4) is 0 Å². The van der Waals surface area contributed by atoms with E-state index >= 15 is 0 Å². The normalized spacial score (nSPS) is 38.5. The summed E-state index contributed by atoms with van der Waals surface area (Å²) in [6.45, 7) is 6.73. The summed E-state index contributed by atoms with van der Waals surface area (Å²) in [6.07, 6.45) is -4.61. The first-order valence-electron chi connectivity index (χ1n) is 9.05. The van der Waals surface area contributed by atoms with E-state index in [1.54, 1.807) is 26.0 Å². The fourth-order valence-corrected chi connectivity index (χ4v) is 3.58. The number of rotatable bonds is 5. The number of carbonyl (C=O) groups is 1. The molecule has 27 heavy (non-hydrogen) atoms. The van der Waals surface area contributed by atoms with Gasteiger partial charge in [0.25, 0.3) is 0 Å². The quantitative estimate of drug-likeness (QED) is 0.423. The van der Waals surface area contributed by atoms with Gasteiger partial charge in [-0.15, -0.1) is 0 Å². The second-order valence-electron chi connectivity index (χ2n) is 7.92. The zero-order chi connectivity index (χ0) is 20.5. The highest BCUT2D eigenvalue weighted by atomic mass is 16.7. The summed E-state index contributed by atoms with van der Waals surface area (Å²) >= 11 is 0. The van der Waals surface area contributed by atoms with Gasteiger partial charge in [-0.25, -0.2) is 0 Å². The molecule has 0 bridgehead atoms. The Kier molecular flexibility index (Phi) is 6.96. The van der Waals surface area contributed by atoms with Crippen LogP contribution in [0.15, 0.2) is 23.3 Å². The SMILES string of the molecule is CC1=C(C=CC(C)OC2OC(CO)C(O)C(O)C2O)C(C)(C)CC(=O)C1O. The largest absolute Gasteiger partial charge is 0.394 e. The fraction of sp³-hybridized carbons (Fsp3) is 0.737. The number of aliphatic hydroxyl groups is 5. The summed E-state index contributed by atoms with van der Waals surface area (Å²) in [5.41, 5.74) is 0.992. The summed E-state index contributed by atoms with van der Waals surface area (Å²) in [4.78, 5) is 11.9. The van der Waals surface area contributed by atoms with Gasteiger partial charge in [0.05, 0.1) is 12.7 Å². The molecule has 0 aromatic rings. The van der Waals surface area contributed by atoms with E-state index < -0.39 is 54.9 Å². The topological polar surface area (TPSA) is 137 Å². The van der Waals surface area contributed by atoms with E-state index in [0.717, 1.165) is 5.57 Å². The Balaban J connectivity index is 2.10. The third-order valence-corrected chi connectivity index (χ3v) is 5.22. The van der Waals surface area contributed by atoms with Crippen LogP contribution in [-0.4, -0.2) is 80.8 Å². The Morgan fingerprint density at radius 1 is 1.22 bits per heavy atom. The highest BCUT2D eigenvalue weighted by molar-refractivity contribution is 5.88. The molecule has 0 aromatic carbocycles. The Morgan fingerprint density at radius 2 is 1.85 bits per heavy atom. The number of aliphatic hydroxyl groups excluding tert-OH is 5. The van der Waals surface area contributed by atoms with Crippen molar-refractivity contribution in [2.75, 3.05) is 6.61 Å². The van der Waals surface area contributed by atoms with Crippen molar-refractivity contribution < 1.29 is 39.8 Å². The number of hydrogen-bond donors (Lipinski definition) is 5. The highest BCUT2D eigenvalue weighted by Gasteiger charge is 2.44. The van der Waals surface area contributed by atoms with E-state index in [-0.39, 0.29) is 12.2 Å². The van der Waals surface area contributed by atoms with Crippen LogP contribution in [0.1, 0.15) is 34.1 Å². The summed E-state index contributed by atoms with van der Waals surface area (Å²) in [5, 5.41) is 48.9.